The van der Waals surface area contributed by atoms with E-state index in [1.807, 2.05) is 41.2 Å². The average molecular weight is 475 g/mol. The van der Waals surface area contributed by atoms with E-state index in [0.29, 0.717) is 24.1 Å². The maximum Gasteiger partial charge on any atom is 0.303 e. The standard InChI is InChI=1S/C30H38N2O3/c1-23(2)27-21-32(19-11-17-29(33)34)22-28(27)30(35)25-15-10-16-26(20-25)31-18-9-4-3-6-12-24-13-7-5-8-14-24/h5,7-8,10,13-16,20-23,31H,3-4,6,9,11-12,17-19H2,1-2H3,(H,33,34). The molecule has 1 aromatic heterocycles. The summed E-state index contributed by atoms with van der Waals surface area (Å²) in [5.41, 5.74) is 4.74. The Labute approximate surface area is 209 Å². The molecule has 0 aliphatic heterocycles. The Morgan fingerprint density at radius 3 is 2.43 bits per heavy atom. The van der Waals surface area contributed by atoms with Crippen molar-refractivity contribution in [2.24, 2.45) is 0 Å². The molecular weight excluding hydrogens is 436 g/mol. The van der Waals surface area contributed by atoms with Crippen LogP contribution in [0.1, 0.15) is 85.3 Å². The summed E-state index contributed by atoms with van der Waals surface area (Å²) in [6.45, 7) is 5.63. The minimum absolute atomic E-state index is 0.00949. The molecule has 0 aliphatic rings. The highest BCUT2D eigenvalue weighted by molar-refractivity contribution is 6.10. The van der Waals surface area contributed by atoms with Crippen LogP contribution in [0.2, 0.25) is 0 Å². The first-order valence-electron chi connectivity index (χ1n) is 12.8. The molecule has 0 aliphatic carbocycles. The van der Waals surface area contributed by atoms with Crippen molar-refractivity contribution in [1.29, 1.82) is 0 Å². The van der Waals surface area contributed by atoms with E-state index in [9.17, 15) is 9.59 Å². The number of aryl methyl sites for hydroxylation is 2. The molecule has 5 heteroatoms. The molecule has 0 atom stereocenters. The Balaban J connectivity index is 1.50. The van der Waals surface area contributed by atoms with Gasteiger partial charge in [-0.3, -0.25) is 9.59 Å². The quantitative estimate of drug-likeness (QED) is 0.185. The Hall–Kier alpha value is -3.34. The van der Waals surface area contributed by atoms with Crippen LogP contribution in [0.5, 0.6) is 0 Å². The zero-order chi connectivity index (χ0) is 25.0. The van der Waals surface area contributed by atoms with Crippen LogP contribution in [0.4, 0.5) is 5.69 Å². The van der Waals surface area contributed by atoms with Crippen molar-refractivity contribution in [1.82, 2.24) is 4.57 Å². The van der Waals surface area contributed by atoms with Crippen LogP contribution < -0.4 is 5.32 Å². The second-order valence-corrected chi connectivity index (χ2v) is 9.50. The number of anilines is 1. The number of nitrogens with zero attached hydrogens (tertiary/aromatic N) is 1. The van der Waals surface area contributed by atoms with Gasteiger partial charge in [0.1, 0.15) is 0 Å². The summed E-state index contributed by atoms with van der Waals surface area (Å²) in [6, 6.07) is 18.4. The molecule has 3 rings (SSSR count). The van der Waals surface area contributed by atoms with Crippen molar-refractivity contribution in [2.45, 2.75) is 71.3 Å². The Kier molecular flexibility index (Phi) is 10.1. The van der Waals surface area contributed by atoms with Crippen molar-refractivity contribution in [3.05, 3.63) is 89.2 Å². The van der Waals surface area contributed by atoms with Crippen LogP contribution in [0.3, 0.4) is 0 Å². The molecule has 186 valence electrons. The number of nitrogens with one attached hydrogen (secondary N) is 1. The molecular formula is C30H38N2O3. The van der Waals surface area contributed by atoms with Crippen LogP contribution in [0.25, 0.3) is 0 Å². The van der Waals surface area contributed by atoms with Gasteiger partial charge in [-0.2, -0.15) is 0 Å². The first kappa shape index (κ1) is 26.3. The lowest BCUT2D eigenvalue weighted by Gasteiger charge is -2.10. The first-order chi connectivity index (χ1) is 16.9. The number of carboxylic acid groups (broad SMARTS) is 1. The number of aliphatic carboxylic acids is 1. The Morgan fingerprint density at radius 2 is 1.69 bits per heavy atom. The van der Waals surface area contributed by atoms with Crippen molar-refractivity contribution in [3.8, 4) is 0 Å². The summed E-state index contributed by atoms with van der Waals surface area (Å²) < 4.78 is 1.95. The summed E-state index contributed by atoms with van der Waals surface area (Å²) in [5, 5.41) is 12.4. The molecule has 5 nitrogen and oxygen atoms in total. The fourth-order valence-electron chi connectivity index (χ4n) is 4.33. The van der Waals surface area contributed by atoms with E-state index in [1.165, 1.54) is 24.8 Å². The topological polar surface area (TPSA) is 71.3 Å². The van der Waals surface area contributed by atoms with E-state index in [2.05, 4.69) is 49.5 Å². The molecule has 0 fully saturated rings. The Bertz CT molecular complexity index is 1090. The second kappa shape index (κ2) is 13.5. The molecule has 0 radical (unpaired) electrons. The van der Waals surface area contributed by atoms with Crippen LogP contribution >= 0.6 is 0 Å². The van der Waals surface area contributed by atoms with Gasteiger partial charge in [0, 0.05) is 48.7 Å². The number of carboxylic acids is 1. The van der Waals surface area contributed by atoms with Crippen molar-refractivity contribution in [3.63, 3.8) is 0 Å². The van der Waals surface area contributed by atoms with Gasteiger partial charge in [-0.1, -0.05) is 69.2 Å². The van der Waals surface area contributed by atoms with Gasteiger partial charge >= 0.3 is 5.97 Å². The highest BCUT2D eigenvalue weighted by Crippen LogP contribution is 2.25. The first-order valence-corrected chi connectivity index (χ1v) is 12.8. The van der Waals surface area contributed by atoms with Gasteiger partial charge in [0.05, 0.1) is 0 Å². The highest BCUT2D eigenvalue weighted by atomic mass is 16.4. The molecule has 3 aromatic rings. The second-order valence-electron chi connectivity index (χ2n) is 9.50. The number of aromatic nitrogens is 1. The predicted octanol–water partition coefficient (Wildman–Crippen LogP) is 6.92. The summed E-state index contributed by atoms with van der Waals surface area (Å²) in [5.74, 6) is -0.581. The number of ketones is 1. The van der Waals surface area contributed by atoms with Gasteiger partial charge in [-0.15, -0.1) is 0 Å². The van der Waals surface area contributed by atoms with Crippen molar-refractivity contribution >= 4 is 17.4 Å². The van der Waals surface area contributed by atoms with Gasteiger partial charge in [-0.05, 0) is 54.9 Å². The monoisotopic (exact) mass is 474 g/mol. The third-order valence-electron chi connectivity index (χ3n) is 6.27. The van der Waals surface area contributed by atoms with E-state index in [-0.39, 0.29) is 18.1 Å². The lowest BCUT2D eigenvalue weighted by Crippen LogP contribution is -2.06. The number of carbonyl (C=O) groups is 2. The summed E-state index contributed by atoms with van der Waals surface area (Å²) >= 11 is 0. The number of carbonyl (C=O) groups excluding carboxylic acids is 1. The third kappa shape index (κ3) is 8.43. The average Bonchev–Trinajstić information content (AvgIpc) is 3.28. The molecule has 0 amide bonds. The molecule has 1 heterocycles. The molecule has 2 N–H and O–H groups in total. The van der Waals surface area contributed by atoms with E-state index >= 15 is 0 Å². The number of rotatable bonds is 15. The lowest BCUT2D eigenvalue weighted by molar-refractivity contribution is -0.137. The SMILES string of the molecule is CC(C)c1cn(CCCC(=O)O)cc1C(=O)c1cccc(NCCCCCCc2ccccc2)c1. The molecule has 35 heavy (non-hydrogen) atoms. The summed E-state index contributed by atoms with van der Waals surface area (Å²) in [6.07, 6.45) is 10.4. The number of hydrogen-bond donors (Lipinski definition) is 2. The lowest BCUT2D eigenvalue weighted by atomic mass is 9.96. The van der Waals surface area contributed by atoms with E-state index in [0.717, 1.165) is 30.6 Å². The predicted molar refractivity (Wildman–Crippen MR) is 142 cm³/mol. The normalized spacial score (nSPS) is 11.1. The third-order valence-corrected chi connectivity index (χ3v) is 6.27. The summed E-state index contributed by atoms with van der Waals surface area (Å²) in [7, 11) is 0. The van der Waals surface area contributed by atoms with Gasteiger partial charge in [0.15, 0.2) is 5.78 Å². The highest BCUT2D eigenvalue weighted by Gasteiger charge is 2.19. The maximum atomic E-state index is 13.3. The minimum atomic E-state index is -0.797. The van der Waals surface area contributed by atoms with Crippen LogP contribution in [-0.4, -0.2) is 28.0 Å². The fourth-order valence-corrected chi connectivity index (χ4v) is 4.33. The van der Waals surface area contributed by atoms with E-state index < -0.39 is 5.97 Å². The zero-order valence-corrected chi connectivity index (χ0v) is 21.0. The smallest absolute Gasteiger partial charge is 0.303 e. The van der Waals surface area contributed by atoms with E-state index in [4.69, 9.17) is 5.11 Å². The molecule has 0 saturated heterocycles. The van der Waals surface area contributed by atoms with Gasteiger partial charge in [-0.25, -0.2) is 0 Å². The molecule has 2 aromatic carbocycles. The zero-order valence-electron chi connectivity index (χ0n) is 21.0. The molecule has 0 spiro atoms. The Morgan fingerprint density at radius 1 is 0.914 bits per heavy atom. The number of benzene rings is 2. The van der Waals surface area contributed by atoms with Gasteiger partial charge in [0.2, 0.25) is 0 Å². The van der Waals surface area contributed by atoms with E-state index in [1.54, 1.807) is 0 Å². The van der Waals surface area contributed by atoms with Crippen LogP contribution in [0.15, 0.2) is 67.0 Å². The van der Waals surface area contributed by atoms with Gasteiger partial charge in [0.25, 0.3) is 0 Å². The van der Waals surface area contributed by atoms with Crippen molar-refractivity contribution < 1.29 is 14.7 Å². The van der Waals surface area contributed by atoms with Crippen LogP contribution in [0, 0.1) is 0 Å². The number of unbranched alkanes of at least 4 members (excludes halogenated alkanes) is 3. The molecule has 0 unspecified atom stereocenters. The van der Waals surface area contributed by atoms with Gasteiger partial charge < -0.3 is 15.0 Å². The molecule has 0 bridgehead atoms. The maximum absolute atomic E-state index is 13.3. The van der Waals surface area contributed by atoms with Crippen molar-refractivity contribution in [2.75, 3.05) is 11.9 Å². The minimum Gasteiger partial charge on any atom is -0.481 e. The fraction of sp³-hybridized carbons (Fsp3) is 0.400. The summed E-state index contributed by atoms with van der Waals surface area (Å²) in [4.78, 5) is 24.2. The molecule has 0 saturated carbocycles. The largest absolute Gasteiger partial charge is 0.481 e. The number of hydrogen-bond acceptors (Lipinski definition) is 3. The van der Waals surface area contributed by atoms with Crippen LogP contribution in [-0.2, 0) is 17.8 Å².